The number of benzene rings is 2. The Kier molecular flexibility index (Phi) is 4.48. The van der Waals surface area contributed by atoms with Gasteiger partial charge < -0.3 is 9.88 Å². The predicted octanol–water partition coefficient (Wildman–Crippen LogP) is 5.24. The summed E-state index contributed by atoms with van der Waals surface area (Å²) in [7, 11) is 0. The van der Waals surface area contributed by atoms with Crippen molar-refractivity contribution in [3.05, 3.63) is 63.9 Å². The van der Waals surface area contributed by atoms with Crippen molar-refractivity contribution in [2.24, 2.45) is 0 Å². The Labute approximate surface area is 157 Å². The van der Waals surface area contributed by atoms with Gasteiger partial charge in [0.15, 0.2) is 5.82 Å². The fraction of sp³-hybridized carbons (Fsp3) is 0.263. The van der Waals surface area contributed by atoms with E-state index in [2.05, 4.69) is 25.9 Å². The fourth-order valence-corrected chi connectivity index (χ4v) is 3.74. The number of amides is 1. The van der Waals surface area contributed by atoms with E-state index < -0.39 is 6.43 Å². The average Bonchev–Trinajstić information content (AvgIpc) is 3.28. The van der Waals surface area contributed by atoms with Gasteiger partial charge in [0.2, 0.25) is 0 Å². The van der Waals surface area contributed by atoms with Crippen molar-refractivity contribution in [1.82, 2.24) is 14.9 Å². The van der Waals surface area contributed by atoms with Crippen LogP contribution in [-0.4, -0.2) is 27.3 Å². The van der Waals surface area contributed by atoms with Gasteiger partial charge in [-0.1, -0.05) is 28.1 Å². The highest BCUT2D eigenvalue weighted by Gasteiger charge is 2.30. The smallest absolute Gasteiger partial charge is 0.295 e. The van der Waals surface area contributed by atoms with E-state index in [4.69, 9.17) is 0 Å². The number of aromatic nitrogens is 2. The quantitative estimate of drug-likeness (QED) is 0.630. The molecule has 0 aliphatic carbocycles. The summed E-state index contributed by atoms with van der Waals surface area (Å²) in [5.74, 6) is -0.468. The van der Waals surface area contributed by atoms with Crippen molar-refractivity contribution < 1.29 is 13.6 Å². The van der Waals surface area contributed by atoms with Gasteiger partial charge in [0.05, 0.1) is 17.1 Å². The molecule has 1 unspecified atom stereocenters. The van der Waals surface area contributed by atoms with Crippen LogP contribution in [0.4, 0.5) is 8.78 Å². The van der Waals surface area contributed by atoms with Gasteiger partial charge in [-0.3, -0.25) is 4.79 Å². The van der Waals surface area contributed by atoms with Crippen LogP contribution in [-0.2, 0) is 0 Å². The Hall–Kier alpha value is -2.28. The lowest BCUT2D eigenvalue weighted by molar-refractivity contribution is 0.0736. The number of nitrogens with zero attached hydrogens (tertiary/aromatic N) is 2. The fourth-order valence-electron chi connectivity index (χ4n) is 3.47. The van der Waals surface area contributed by atoms with E-state index in [9.17, 15) is 13.6 Å². The third-order valence-corrected chi connectivity index (χ3v) is 5.25. The first-order chi connectivity index (χ1) is 12.5. The van der Waals surface area contributed by atoms with Gasteiger partial charge in [-0.05, 0) is 48.7 Å². The first-order valence-electron chi connectivity index (χ1n) is 8.37. The van der Waals surface area contributed by atoms with Crippen molar-refractivity contribution in [1.29, 1.82) is 0 Å². The van der Waals surface area contributed by atoms with Gasteiger partial charge in [-0.2, -0.15) is 0 Å². The number of carbonyl (C=O) groups excluding carboxylic acids is 1. The number of imidazole rings is 1. The molecule has 0 radical (unpaired) electrons. The number of fused-ring (bicyclic) bond motifs is 1. The van der Waals surface area contributed by atoms with Gasteiger partial charge >= 0.3 is 0 Å². The molecule has 1 fully saturated rings. The second kappa shape index (κ2) is 6.79. The number of likely N-dealkylation sites (tertiary alicyclic amines) is 1. The Bertz CT molecular complexity index is 955. The second-order valence-corrected chi connectivity index (χ2v) is 7.28. The zero-order valence-corrected chi connectivity index (χ0v) is 15.3. The molecule has 4 nitrogen and oxygen atoms in total. The molecule has 1 aromatic heterocycles. The number of nitrogens with one attached hydrogen (secondary N) is 1. The summed E-state index contributed by atoms with van der Waals surface area (Å²) in [5.41, 5.74) is 2.46. The van der Waals surface area contributed by atoms with Crippen molar-refractivity contribution in [3.63, 3.8) is 0 Å². The number of hydrogen-bond donors (Lipinski definition) is 1. The van der Waals surface area contributed by atoms with Gasteiger partial charge in [0.25, 0.3) is 12.3 Å². The molecule has 0 saturated carbocycles. The Morgan fingerprint density at radius 3 is 2.73 bits per heavy atom. The third-order valence-electron chi connectivity index (χ3n) is 4.72. The summed E-state index contributed by atoms with van der Waals surface area (Å²) in [5, 5.41) is 0. The van der Waals surface area contributed by atoms with Gasteiger partial charge in [0.1, 0.15) is 0 Å². The molecule has 0 bridgehead atoms. The maximum Gasteiger partial charge on any atom is 0.295 e. The topological polar surface area (TPSA) is 49.0 Å². The van der Waals surface area contributed by atoms with E-state index in [1.165, 1.54) is 0 Å². The maximum absolute atomic E-state index is 13.0. The highest BCUT2D eigenvalue weighted by Crippen LogP contribution is 2.34. The number of halogens is 3. The Balaban J connectivity index is 1.63. The lowest BCUT2D eigenvalue weighted by Gasteiger charge is -2.25. The molecular formula is C19H16BrF2N3O. The molecule has 134 valence electrons. The van der Waals surface area contributed by atoms with E-state index in [-0.39, 0.29) is 17.8 Å². The molecule has 2 heterocycles. The minimum atomic E-state index is -2.66. The van der Waals surface area contributed by atoms with Crippen LogP contribution in [0.5, 0.6) is 0 Å². The first kappa shape index (κ1) is 17.1. The molecule has 4 rings (SSSR count). The lowest BCUT2D eigenvalue weighted by Crippen LogP contribution is -2.30. The number of hydrogen-bond acceptors (Lipinski definition) is 2. The lowest BCUT2D eigenvalue weighted by atomic mass is 10.0. The van der Waals surface area contributed by atoms with Crippen LogP contribution in [0, 0.1) is 0 Å². The summed E-state index contributed by atoms with van der Waals surface area (Å²) < 4.78 is 26.6. The highest BCUT2D eigenvalue weighted by molar-refractivity contribution is 9.10. The summed E-state index contributed by atoms with van der Waals surface area (Å²) >= 11 is 3.43. The summed E-state index contributed by atoms with van der Waals surface area (Å²) in [6.07, 6.45) is -0.814. The number of rotatable bonds is 3. The predicted molar refractivity (Wildman–Crippen MR) is 98.2 cm³/mol. The molecule has 7 heteroatoms. The van der Waals surface area contributed by atoms with Gasteiger partial charge in [-0.15, -0.1) is 0 Å². The van der Waals surface area contributed by atoms with Gasteiger partial charge in [-0.25, -0.2) is 13.8 Å². The molecular weight excluding hydrogens is 404 g/mol. The van der Waals surface area contributed by atoms with Crippen molar-refractivity contribution >= 4 is 32.9 Å². The van der Waals surface area contributed by atoms with Crippen molar-refractivity contribution in [2.45, 2.75) is 25.3 Å². The summed E-state index contributed by atoms with van der Waals surface area (Å²) in [4.78, 5) is 21.3. The number of aromatic amines is 1. The van der Waals surface area contributed by atoms with E-state index in [1.54, 1.807) is 18.2 Å². The molecule has 1 saturated heterocycles. The van der Waals surface area contributed by atoms with Crippen LogP contribution in [0.25, 0.3) is 11.0 Å². The monoisotopic (exact) mass is 419 g/mol. The van der Waals surface area contributed by atoms with Crippen LogP contribution >= 0.6 is 15.9 Å². The zero-order chi connectivity index (χ0) is 18.3. The van der Waals surface area contributed by atoms with Crippen molar-refractivity contribution in [2.75, 3.05) is 6.54 Å². The SMILES string of the molecule is O=C(c1ccc2nc(C(F)F)[nH]c2c1)N1CCCC1c1ccc(Br)cc1. The molecule has 0 spiro atoms. The van der Waals surface area contributed by atoms with E-state index >= 15 is 0 Å². The van der Waals surface area contributed by atoms with Crippen LogP contribution in [0.15, 0.2) is 46.9 Å². The minimum absolute atomic E-state index is 0.0321. The largest absolute Gasteiger partial charge is 0.337 e. The first-order valence-corrected chi connectivity index (χ1v) is 9.16. The summed E-state index contributed by atoms with van der Waals surface area (Å²) in [6, 6.07) is 12.9. The van der Waals surface area contributed by atoms with Gasteiger partial charge in [0, 0.05) is 16.6 Å². The van der Waals surface area contributed by atoms with Crippen molar-refractivity contribution in [3.8, 4) is 0 Å². The van der Waals surface area contributed by atoms with E-state index in [1.807, 2.05) is 29.2 Å². The summed E-state index contributed by atoms with van der Waals surface area (Å²) in [6.45, 7) is 0.683. The molecule has 26 heavy (non-hydrogen) atoms. The van der Waals surface area contributed by atoms with Crippen LogP contribution < -0.4 is 0 Å². The van der Waals surface area contributed by atoms with Crippen LogP contribution in [0.2, 0.25) is 0 Å². The Morgan fingerprint density at radius 1 is 1.23 bits per heavy atom. The second-order valence-electron chi connectivity index (χ2n) is 6.36. The highest BCUT2D eigenvalue weighted by atomic mass is 79.9. The standard InChI is InChI=1S/C19H16BrF2N3O/c20-13-6-3-11(4-7-13)16-2-1-9-25(16)19(26)12-5-8-14-15(10-12)24-18(23-14)17(21)22/h3-8,10,16-17H,1-2,9H2,(H,23,24). The zero-order valence-electron chi connectivity index (χ0n) is 13.8. The molecule has 2 aromatic carbocycles. The van der Waals surface area contributed by atoms with Crippen LogP contribution in [0.1, 0.15) is 47.1 Å². The Morgan fingerprint density at radius 2 is 2.00 bits per heavy atom. The minimum Gasteiger partial charge on any atom is -0.337 e. The molecule has 1 aliphatic rings. The number of alkyl halides is 2. The molecule has 3 aromatic rings. The average molecular weight is 420 g/mol. The normalized spacial score (nSPS) is 17.4. The van der Waals surface area contributed by atoms with Crippen LogP contribution in [0.3, 0.4) is 0 Å². The molecule has 1 amide bonds. The van der Waals surface area contributed by atoms with E-state index in [0.717, 1.165) is 22.9 Å². The van der Waals surface area contributed by atoms with E-state index in [0.29, 0.717) is 23.1 Å². The molecule has 1 N–H and O–H groups in total. The number of carbonyl (C=O) groups is 1. The maximum atomic E-state index is 13.0. The molecule has 1 aliphatic heterocycles. The molecule has 1 atom stereocenters. The number of H-pyrrole nitrogens is 1. The third kappa shape index (κ3) is 3.11.